The highest BCUT2D eigenvalue weighted by Gasteiger charge is 2.14. The Balaban J connectivity index is 2.22. The first-order chi connectivity index (χ1) is 10.0. The Morgan fingerprint density at radius 3 is 2.76 bits per heavy atom. The minimum absolute atomic E-state index is 0.0731. The Labute approximate surface area is 125 Å². The van der Waals surface area contributed by atoms with E-state index >= 15 is 0 Å². The van der Waals surface area contributed by atoms with Crippen LogP contribution >= 0.6 is 11.6 Å². The fraction of sp³-hybridized carbons (Fsp3) is 0.143. The molecule has 0 heterocycles. The monoisotopic (exact) mass is 310 g/mol. The second-order valence-electron chi connectivity index (χ2n) is 4.23. The van der Waals surface area contributed by atoms with E-state index in [0.29, 0.717) is 22.0 Å². The zero-order valence-corrected chi connectivity index (χ0v) is 11.9. The fourth-order valence-corrected chi connectivity index (χ4v) is 2.02. The van der Waals surface area contributed by atoms with Crippen LogP contribution in [0, 0.1) is 15.9 Å². The molecule has 1 N–H and O–H groups in total. The number of rotatable bonds is 5. The van der Waals surface area contributed by atoms with Gasteiger partial charge in [-0.2, -0.15) is 0 Å². The summed E-state index contributed by atoms with van der Waals surface area (Å²) in [5.41, 5.74) is 0.940. The van der Waals surface area contributed by atoms with Gasteiger partial charge >= 0.3 is 0 Å². The number of nitrogens with one attached hydrogen (secondary N) is 1. The average Bonchev–Trinajstić information content (AvgIpc) is 2.46. The Kier molecular flexibility index (Phi) is 4.59. The lowest BCUT2D eigenvalue weighted by Crippen LogP contribution is -2.04. The minimum atomic E-state index is -0.495. The van der Waals surface area contributed by atoms with Crippen molar-refractivity contribution < 1.29 is 14.1 Å². The molecule has 0 fully saturated rings. The van der Waals surface area contributed by atoms with Crippen molar-refractivity contribution in [1.29, 1.82) is 0 Å². The predicted molar refractivity (Wildman–Crippen MR) is 78.4 cm³/mol. The predicted octanol–water partition coefficient (Wildman–Crippen LogP) is 4.01. The normalized spacial score (nSPS) is 10.2. The molecule has 2 rings (SSSR count). The molecule has 2 aromatic rings. The lowest BCUT2D eigenvalue weighted by atomic mass is 10.1. The van der Waals surface area contributed by atoms with Gasteiger partial charge in [-0.25, -0.2) is 4.39 Å². The van der Waals surface area contributed by atoms with Crippen LogP contribution in [-0.4, -0.2) is 12.0 Å². The zero-order valence-electron chi connectivity index (χ0n) is 11.1. The van der Waals surface area contributed by atoms with Crippen LogP contribution in [0.15, 0.2) is 36.4 Å². The van der Waals surface area contributed by atoms with Crippen LogP contribution in [-0.2, 0) is 6.54 Å². The molecular weight excluding hydrogens is 299 g/mol. The third-order valence-corrected chi connectivity index (χ3v) is 3.11. The number of ether oxygens (including phenoxy) is 1. The number of nitro groups is 1. The molecule has 2 aromatic carbocycles. The number of nitro benzene ring substituents is 1. The largest absolute Gasteiger partial charge is 0.494 e. The molecule has 5 nitrogen and oxygen atoms in total. The van der Waals surface area contributed by atoms with Crippen LogP contribution < -0.4 is 10.1 Å². The lowest BCUT2D eigenvalue weighted by Gasteiger charge is -2.11. The molecule has 0 spiro atoms. The van der Waals surface area contributed by atoms with Gasteiger partial charge in [0.1, 0.15) is 11.6 Å². The summed E-state index contributed by atoms with van der Waals surface area (Å²) in [7, 11) is 1.42. The molecule has 110 valence electrons. The Morgan fingerprint density at radius 2 is 2.10 bits per heavy atom. The van der Waals surface area contributed by atoms with Gasteiger partial charge in [-0.15, -0.1) is 0 Å². The Hall–Kier alpha value is -2.34. The summed E-state index contributed by atoms with van der Waals surface area (Å²) < 4.78 is 18.2. The summed E-state index contributed by atoms with van der Waals surface area (Å²) in [6, 6.07) is 8.47. The molecule has 0 aliphatic heterocycles. The zero-order chi connectivity index (χ0) is 15.4. The van der Waals surface area contributed by atoms with Gasteiger partial charge in [0.25, 0.3) is 5.69 Å². The number of methoxy groups -OCH3 is 1. The summed E-state index contributed by atoms with van der Waals surface area (Å²) in [5, 5.41) is 14.3. The number of benzene rings is 2. The third kappa shape index (κ3) is 3.61. The molecule has 0 amide bonds. The van der Waals surface area contributed by atoms with Gasteiger partial charge < -0.3 is 10.1 Å². The number of hydrogen-bond acceptors (Lipinski definition) is 4. The van der Waals surface area contributed by atoms with Crippen molar-refractivity contribution in [3.8, 4) is 5.75 Å². The van der Waals surface area contributed by atoms with E-state index in [2.05, 4.69) is 5.32 Å². The molecule has 0 saturated carbocycles. The minimum Gasteiger partial charge on any atom is -0.494 e. The maximum Gasteiger partial charge on any atom is 0.275 e. The summed E-state index contributed by atoms with van der Waals surface area (Å²) in [6.07, 6.45) is 0. The highest BCUT2D eigenvalue weighted by molar-refractivity contribution is 6.30. The van der Waals surface area contributed by atoms with Crippen LogP contribution in [0.5, 0.6) is 5.75 Å². The van der Waals surface area contributed by atoms with Gasteiger partial charge in [-0.05, 0) is 24.3 Å². The van der Waals surface area contributed by atoms with E-state index in [9.17, 15) is 14.5 Å². The molecule has 0 aromatic heterocycles. The lowest BCUT2D eigenvalue weighted by molar-refractivity contribution is -0.385. The number of nitrogens with zero attached hydrogens (tertiary/aromatic N) is 1. The first-order valence-electron chi connectivity index (χ1n) is 6.01. The van der Waals surface area contributed by atoms with Crippen molar-refractivity contribution in [1.82, 2.24) is 0 Å². The van der Waals surface area contributed by atoms with E-state index in [1.54, 1.807) is 12.1 Å². The van der Waals surface area contributed by atoms with E-state index in [4.69, 9.17) is 16.3 Å². The Bertz CT molecular complexity index is 679. The smallest absolute Gasteiger partial charge is 0.275 e. The molecule has 0 aliphatic carbocycles. The maximum atomic E-state index is 13.1. The van der Waals surface area contributed by atoms with Crippen molar-refractivity contribution in [2.24, 2.45) is 0 Å². The molecule has 0 atom stereocenters. The topological polar surface area (TPSA) is 64.4 Å². The second kappa shape index (κ2) is 6.41. The van der Waals surface area contributed by atoms with Crippen molar-refractivity contribution in [3.05, 3.63) is 62.9 Å². The summed E-state index contributed by atoms with van der Waals surface area (Å²) in [4.78, 5) is 10.5. The highest BCUT2D eigenvalue weighted by atomic mass is 35.5. The van der Waals surface area contributed by atoms with Crippen LogP contribution in [0.2, 0.25) is 5.02 Å². The maximum absolute atomic E-state index is 13.1. The number of hydrogen-bond donors (Lipinski definition) is 1. The van der Waals surface area contributed by atoms with Gasteiger partial charge in [0.05, 0.1) is 17.7 Å². The number of anilines is 1. The van der Waals surface area contributed by atoms with Crippen LogP contribution in [0.1, 0.15) is 5.56 Å². The summed E-state index contributed by atoms with van der Waals surface area (Å²) in [5.74, 6) is -0.0958. The van der Waals surface area contributed by atoms with Crippen LogP contribution in [0.4, 0.5) is 15.8 Å². The molecule has 0 radical (unpaired) electrons. The quantitative estimate of drug-likeness (QED) is 0.669. The molecule has 0 bridgehead atoms. The molecule has 0 aliphatic rings. The Morgan fingerprint density at radius 1 is 1.33 bits per heavy atom. The highest BCUT2D eigenvalue weighted by Crippen LogP contribution is 2.28. The van der Waals surface area contributed by atoms with Crippen molar-refractivity contribution >= 4 is 23.0 Å². The fourth-order valence-electron chi connectivity index (χ4n) is 1.86. The van der Waals surface area contributed by atoms with Gasteiger partial charge in [0.2, 0.25) is 0 Å². The van der Waals surface area contributed by atoms with Crippen molar-refractivity contribution in [2.75, 3.05) is 12.4 Å². The van der Waals surface area contributed by atoms with Gasteiger partial charge in [-0.3, -0.25) is 10.1 Å². The first-order valence-corrected chi connectivity index (χ1v) is 6.39. The molecule has 0 unspecified atom stereocenters. The van der Waals surface area contributed by atoms with E-state index in [1.807, 2.05) is 0 Å². The molecular formula is C14H12ClFN2O3. The SMILES string of the molecule is COc1cc(F)ccc1NCc1ccc(Cl)cc1[N+](=O)[O-]. The van der Waals surface area contributed by atoms with Crippen LogP contribution in [0.3, 0.4) is 0 Å². The molecule has 0 saturated heterocycles. The molecule has 7 heteroatoms. The number of halogens is 2. The van der Waals surface area contributed by atoms with Gasteiger partial charge in [0.15, 0.2) is 0 Å². The van der Waals surface area contributed by atoms with E-state index in [0.717, 1.165) is 0 Å². The van der Waals surface area contributed by atoms with E-state index in [1.165, 1.54) is 31.4 Å². The first kappa shape index (κ1) is 15.1. The molecule has 21 heavy (non-hydrogen) atoms. The van der Waals surface area contributed by atoms with Gasteiger partial charge in [-0.1, -0.05) is 11.6 Å². The van der Waals surface area contributed by atoms with Crippen LogP contribution in [0.25, 0.3) is 0 Å². The van der Waals surface area contributed by atoms with Crippen molar-refractivity contribution in [2.45, 2.75) is 6.54 Å². The second-order valence-corrected chi connectivity index (χ2v) is 4.66. The van der Waals surface area contributed by atoms with Gasteiger partial charge in [0, 0.05) is 29.3 Å². The van der Waals surface area contributed by atoms with E-state index in [-0.39, 0.29) is 12.2 Å². The summed E-state index contributed by atoms with van der Waals surface area (Å²) >= 11 is 5.76. The van der Waals surface area contributed by atoms with E-state index < -0.39 is 10.7 Å². The third-order valence-electron chi connectivity index (χ3n) is 2.88. The average molecular weight is 311 g/mol. The van der Waals surface area contributed by atoms with Crippen molar-refractivity contribution in [3.63, 3.8) is 0 Å². The summed E-state index contributed by atoms with van der Waals surface area (Å²) in [6.45, 7) is 0.190. The standard InChI is InChI=1S/C14H12ClFN2O3/c1-21-14-7-11(16)4-5-12(14)17-8-9-2-3-10(15)6-13(9)18(19)20/h2-7,17H,8H2,1H3.